The molecule has 0 spiro atoms. The molecule has 0 radical (unpaired) electrons. The van der Waals surface area contributed by atoms with Crippen molar-refractivity contribution < 1.29 is 14.3 Å². The highest BCUT2D eigenvalue weighted by Gasteiger charge is 2.18. The Bertz CT molecular complexity index is 1530. The lowest BCUT2D eigenvalue weighted by Crippen LogP contribution is -2.25. The Balaban J connectivity index is 1.78. The fraction of sp³-hybridized carbons (Fsp3) is 0.241. The standard InChI is InChI=1S/C29H29N3O4S/c1-5-14-30-27(34)20-8-13-23-25(16-20)31-29(32(28(23)35)21-9-11-22(36-4)12-10-21)37-17-26(33)24-15-18(2)6-7-19(24)3/h6-13,15-16H,5,14,17H2,1-4H3,(H,30,34). The van der Waals surface area contributed by atoms with E-state index in [1.54, 1.807) is 49.6 Å². The van der Waals surface area contributed by atoms with Crippen LogP contribution in [-0.4, -0.2) is 40.6 Å². The van der Waals surface area contributed by atoms with Gasteiger partial charge in [0.2, 0.25) is 0 Å². The van der Waals surface area contributed by atoms with E-state index < -0.39 is 0 Å². The molecule has 3 aromatic carbocycles. The number of benzene rings is 3. The molecule has 37 heavy (non-hydrogen) atoms. The summed E-state index contributed by atoms with van der Waals surface area (Å²) in [6.45, 7) is 6.39. The minimum atomic E-state index is -0.280. The number of carbonyl (C=O) groups excluding carboxylic acids is 2. The van der Waals surface area contributed by atoms with E-state index in [0.717, 1.165) is 17.5 Å². The highest BCUT2D eigenvalue weighted by atomic mass is 32.2. The first kappa shape index (κ1) is 26.2. The van der Waals surface area contributed by atoms with Crippen LogP contribution in [0.1, 0.15) is 45.2 Å². The summed E-state index contributed by atoms with van der Waals surface area (Å²) in [4.78, 5) is 44.0. The zero-order valence-electron chi connectivity index (χ0n) is 21.3. The van der Waals surface area contributed by atoms with Gasteiger partial charge in [-0.15, -0.1) is 0 Å². The van der Waals surface area contributed by atoms with Gasteiger partial charge in [-0.1, -0.05) is 36.4 Å². The number of aryl methyl sites for hydroxylation is 2. The van der Waals surface area contributed by atoms with Crippen LogP contribution >= 0.6 is 11.8 Å². The van der Waals surface area contributed by atoms with Gasteiger partial charge in [-0.3, -0.25) is 19.0 Å². The molecule has 1 aromatic heterocycles. The summed E-state index contributed by atoms with van der Waals surface area (Å²) < 4.78 is 6.76. The number of amides is 1. The van der Waals surface area contributed by atoms with Gasteiger partial charge in [0.25, 0.3) is 11.5 Å². The molecule has 4 rings (SSSR count). The van der Waals surface area contributed by atoms with Crippen molar-refractivity contribution >= 4 is 34.4 Å². The number of ketones is 1. The molecule has 0 aliphatic carbocycles. The average molecular weight is 516 g/mol. The average Bonchev–Trinajstić information content (AvgIpc) is 2.91. The number of fused-ring (bicyclic) bond motifs is 1. The number of methoxy groups -OCH3 is 1. The van der Waals surface area contributed by atoms with Crippen LogP contribution in [0.5, 0.6) is 5.75 Å². The number of aromatic nitrogens is 2. The Morgan fingerprint density at radius 2 is 1.78 bits per heavy atom. The number of nitrogens with one attached hydrogen (secondary N) is 1. The SMILES string of the molecule is CCCNC(=O)c1ccc2c(=O)n(-c3ccc(OC)cc3)c(SCC(=O)c3cc(C)ccc3C)nc2c1. The van der Waals surface area contributed by atoms with E-state index in [9.17, 15) is 14.4 Å². The molecule has 4 aromatic rings. The van der Waals surface area contributed by atoms with E-state index in [4.69, 9.17) is 9.72 Å². The zero-order chi connectivity index (χ0) is 26.5. The number of Topliss-reactive ketones (excluding diaryl/α,β-unsaturated/α-hetero) is 1. The fourth-order valence-corrected chi connectivity index (χ4v) is 4.84. The van der Waals surface area contributed by atoms with Crippen LogP contribution in [0.15, 0.2) is 70.6 Å². The van der Waals surface area contributed by atoms with Crippen molar-refractivity contribution in [3.05, 3.63) is 93.3 Å². The Morgan fingerprint density at radius 3 is 2.49 bits per heavy atom. The number of ether oxygens (including phenoxy) is 1. The second-order valence-electron chi connectivity index (χ2n) is 8.75. The van der Waals surface area contributed by atoms with Crippen molar-refractivity contribution in [3.8, 4) is 11.4 Å². The van der Waals surface area contributed by atoms with Gasteiger partial charge < -0.3 is 10.1 Å². The second-order valence-corrected chi connectivity index (χ2v) is 9.69. The molecule has 8 heteroatoms. The number of hydrogen-bond donors (Lipinski definition) is 1. The van der Waals surface area contributed by atoms with Crippen molar-refractivity contribution in [2.24, 2.45) is 0 Å². The first-order chi connectivity index (χ1) is 17.8. The lowest BCUT2D eigenvalue weighted by molar-refractivity contribution is 0.0952. The molecule has 1 heterocycles. The fourth-order valence-electron chi connectivity index (χ4n) is 3.95. The third-order valence-electron chi connectivity index (χ3n) is 5.99. The van der Waals surface area contributed by atoms with Crippen LogP contribution in [-0.2, 0) is 0 Å². The van der Waals surface area contributed by atoms with Crippen LogP contribution in [0, 0.1) is 13.8 Å². The maximum Gasteiger partial charge on any atom is 0.266 e. The third-order valence-corrected chi connectivity index (χ3v) is 6.93. The molecule has 1 amide bonds. The molecule has 7 nitrogen and oxygen atoms in total. The smallest absolute Gasteiger partial charge is 0.266 e. The summed E-state index contributed by atoms with van der Waals surface area (Å²) in [7, 11) is 1.58. The van der Waals surface area contributed by atoms with Crippen LogP contribution in [0.2, 0.25) is 0 Å². The topological polar surface area (TPSA) is 90.3 Å². The van der Waals surface area contributed by atoms with Gasteiger partial charge >= 0.3 is 0 Å². The summed E-state index contributed by atoms with van der Waals surface area (Å²) in [5.74, 6) is 0.501. The summed E-state index contributed by atoms with van der Waals surface area (Å²) in [5.41, 5.74) is 3.72. The van der Waals surface area contributed by atoms with Crippen molar-refractivity contribution in [1.82, 2.24) is 14.9 Å². The molecular formula is C29H29N3O4S. The van der Waals surface area contributed by atoms with Crippen molar-refractivity contribution in [2.75, 3.05) is 19.4 Å². The van der Waals surface area contributed by atoms with Crippen molar-refractivity contribution in [3.63, 3.8) is 0 Å². The van der Waals surface area contributed by atoms with Crippen molar-refractivity contribution in [1.29, 1.82) is 0 Å². The highest BCUT2D eigenvalue weighted by Crippen LogP contribution is 2.25. The normalized spacial score (nSPS) is 10.9. The molecular weight excluding hydrogens is 486 g/mol. The Hall–Kier alpha value is -3.91. The first-order valence-electron chi connectivity index (χ1n) is 12.0. The molecule has 0 bridgehead atoms. The zero-order valence-corrected chi connectivity index (χ0v) is 22.1. The van der Waals surface area contributed by atoms with E-state index in [2.05, 4.69) is 5.32 Å². The van der Waals surface area contributed by atoms with Gasteiger partial charge in [0.05, 0.1) is 29.5 Å². The van der Waals surface area contributed by atoms with Crippen LogP contribution < -0.4 is 15.6 Å². The number of rotatable bonds is 9. The summed E-state index contributed by atoms with van der Waals surface area (Å²) >= 11 is 1.20. The Morgan fingerprint density at radius 1 is 1.03 bits per heavy atom. The first-order valence-corrected chi connectivity index (χ1v) is 13.0. The summed E-state index contributed by atoms with van der Waals surface area (Å²) in [5, 5.41) is 3.60. The monoisotopic (exact) mass is 515 g/mol. The van der Waals surface area contributed by atoms with Gasteiger partial charge in [-0.2, -0.15) is 0 Å². The third kappa shape index (κ3) is 5.75. The molecule has 0 aliphatic rings. The maximum absolute atomic E-state index is 13.7. The van der Waals surface area contributed by atoms with Gasteiger partial charge in [0, 0.05) is 17.7 Å². The van der Waals surface area contributed by atoms with Gasteiger partial charge in [-0.05, 0) is 74.4 Å². The quantitative estimate of drug-likeness (QED) is 0.189. The van der Waals surface area contributed by atoms with E-state index in [1.807, 2.05) is 39.0 Å². The molecule has 190 valence electrons. The Kier molecular flexibility index (Phi) is 8.08. The van der Waals surface area contributed by atoms with E-state index in [1.165, 1.54) is 16.3 Å². The predicted octanol–water partition coefficient (Wildman–Crippen LogP) is 5.13. The van der Waals surface area contributed by atoms with E-state index in [0.29, 0.717) is 45.2 Å². The largest absolute Gasteiger partial charge is 0.497 e. The highest BCUT2D eigenvalue weighted by molar-refractivity contribution is 7.99. The van der Waals surface area contributed by atoms with Crippen molar-refractivity contribution in [2.45, 2.75) is 32.3 Å². The molecule has 1 N–H and O–H groups in total. The Labute approximate surface area is 219 Å². The minimum Gasteiger partial charge on any atom is -0.497 e. The summed E-state index contributed by atoms with van der Waals surface area (Å²) in [6.07, 6.45) is 0.819. The lowest BCUT2D eigenvalue weighted by Gasteiger charge is -2.14. The number of thioether (sulfide) groups is 1. The lowest BCUT2D eigenvalue weighted by atomic mass is 10.0. The van der Waals surface area contributed by atoms with Crippen LogP contribution in [0.25, 0.3) is 16.6 Å². The van der Waals surface area contributed by atoms with Crippen LogP contribution in [0.4, 0.5) is 0 Å². The number of carbonyl (C=O) groups is 2. The number of nitrogens with zero attached hydrogens (tertiary/aromatic N) is 2. The summed E-state index contributed by atoms with van der Waals surface area (Å²) in [6, 6.07) is 17.7. The predicted molar refractivity (Wildman–Crippen MR) is 147 cm³/mol. The van der Waals surface area contributed by atoms with Crippen LogP contribution in [0.3, 0.4) is 0 Å². The van der Waals surface area contributed by atoms with Gasteiger partial charge in [0.1, 0.15) is 5.75 Å². The molecule has 0 aliphatic heterocycles. The molecule has 0 unspecified atom stereocenters. The maximum atomic E-state index is 13.7. The van der Waals surface area contributed by atoms with E-state index in [-0.39, 0.29) is 23.0 Å². The van der Waals surface area contributed by atoms with Gasteiger partial charge in [-0.25, -0.2) is 4.98 Å². The second kappa shape index (κ2) is 11.4. The molecule has 0 saturated carbocycles. The van der Waals surface area contributed by atoms with E-state index >= 15 is 0 Å². The number of hydrogen-bond acceptors (Lipinski definition) is 6. The molecule has 0 fully saturated rings. The molecule has 0 atom stereocenters. The van der Waals surface area contributed by atoms with Gasteiger partial charge in [0.15, 0.2) is 10.9 Å². The minimum absolute atomic E-state index is 0.0467. The molecule has 0 saturated heterocycles.